The monoisotopic (exact) mass is 241 g/mol. The lowest BCUT2D eigenvalue weighted by Crippen LogP contribution is -1.99. The van der Waals surface area contributed by atoms with Crippen molar-refractivity contribution >= 4 is 0 Å². The van der Waals surface area contributed by atoms with E-state index in [2.05, 4.69) is 42.2 Å². The smallest absolute Gasteiger partial charge is 0.119 e. The zero-order valence-electron chi connectivity index (χ0n) is 10.8. The molecule has 0 aliphatic heterocycles. The number of ether oxygens (including phenoxy) is 1. The molecule has 2 heteroatoms. The van der Waals surface area contributed by atoms with E-state index in [0.717, 1.165) is 31.6 Å². The van der Waals surface area contributed by atoms with Crippen LogP contribution in [0.2, 0.25) is 0 Å². The molecule has 0 bridgehead atoms. The summed E-state index contributed by atoms with van der Waals surface area (Å²) in [5.41, 5.74) is 2.64. The summed E-state index contributed by atoms with van der Waals surface area (Å²) in [7, 11) is 0. The van der Waals surface area contributed by atoms with Crippen LogP contribution in [0, 0.1) is 0 Å². The molecular weight excluding hydrogens is 222 g/mol. The number of hydrogen-bond donors (Lipinski definition) is 0. The van der Waals surface area contributed by atoms with Gasteiger partial charge in [-0.1, -0.05) is 19.1 Å². The van der Waals surface area contributed by atoms with Crippen LogP contribution in [0.1, 0.15) is 24.5 Å². The van der Waals surface area contributed by atoms with Crippen LogP contribution in [0.25, 0.3) is 0 Å². The van der Waals surface area contributed by atoms with E-state index in [1.807, 2.05) is 18.5 Å². The minimum atomic E-state index is 0.759. The minimum Gasteiger partial charge on any atom is -0.494 e. The number of aromatic nitrogens is 1. The minimum absolute atomic E-state index is 0.759. The normalized spacial score (nSPS) is 10.3. The molecule has 2 aromatic rings. The second-order valence-electron chi connectivity index (χ2n) is 4.31. The average Bonchev–Trinajstić information content (AvgIpc) is 2.45. The lowest BCUT2D eigenvalue weighted by Gasteiger charge is -2.07. The van der Waals surface area contributed by atoms with Crippen LogP contribution < -0.4 is 4.74 Å². The van der Waals surface area contributed by atoms with Gasteiger partial charge in [0.05, 0.1) is 6.61 Å². The molecule has 0 N–H and O–H groups in total. The summed E-state index contributed by atoms with van der Waals surface area (Å²) in [4.78, 5) is 4.01. The summed E-state index contributed by atoms with van der Waals surface area (Å²) in [5, 5.41) is 0. The van der Waals surface area contributed by atoms with Crippen molar-refractivity contribution in [3.05, 3.63) is 59.9 Å². The second kappa shape index (κ2) is 6.80. The van der Waals surface area contributed by atoms with Crippen LogP contribution in [0.3, 0.4) is 0 Å². The Balaban J connectivity index is 1.75. The summed E-state index contributed by atoms with van der Waals surface area (Å²) >= 11 is 0. The molecule has 0 amide bonds. The van der Waals surface area contributed by atoms with E-state index in [9.17, 15) is 0 Å². The Bertz CT molecular complexity index is 468. The first-order chi connectivity index (χ1) is 8.88. The van der Waals surface area contributed by atoms with Crippen molar-refractivity contribution in [2.45, 2.75) is 26.2 Å². The first-order valence-corrected chi connectivity index (χ1v) is 6.49. The maximum absolute atomic E-state index is 5.75. The van der Waals surface area contributed by atoms with Crippen molar-refractivity contribution in [3.8, 4) is 5.75 Å². The third-order valence-corrected chi connectivity index (χ3v) is 2.93. The highest BCUT2D eigenvalue weighted by Crippen LogP contribution is 2.14. The van der Waals surface area contributed by atoms with Gasteiger partial charge in [0.1, 0.15) is 5.75 Å². The van der Waals surface area contributed by atoms with E-state index >= 15 is 0 Å². The standard InChI is InChI=1S/C16H19NO/c1-2-14-5-3-7-16(13-14)18-12-4-6-15-8-10-17-11-9-15/h3,5,7-11,13H,2,4,6,12H2,1H3. The van der Waals surface area contributed by atoms with Crippen molar-refractivity contribution in [3.63, 3.8) is 0 Å². The number of pyridine rings is 1. The Morgan fingerprint density at radius 3 is 2.67 bits per heavy atom. The van der Waals surface area contributed by atoms with Gasteiger partial charge in [-0.2, -0.15) is 0 Å². The van der Waals surface area contributed by atoms with Crippen LogP contribution in [0.15, 0.2) is 48.8 Å². The molecule has 0 radical (unpaired) electrons. The SMILES string of the molecule is CCc1cccc(OCCCc2ccncc2)c1. The van der Waals surface area contributed by atoms with Crippen molar-refractivity contribution in [2.24, 2.45) is 0 Å². The average molecular weight is 241 g/mol. The van der Waals surface area contributed by atoms with Gasteiger partial charge in [0.2, 0.25) is 0 Å². The largest absolute Gasteiger partial charge is 0.494 e. The van der Waals surface area contributed by atoms with Gasteiger partial charge < -0.3 is 4.74 Å². The highest BCUT2D eigenvalue weighted by Gasteiger charge is 1.96. The van der Waals surface area contributed by atoms with E-state index < -0.39 is 0 Å². The van der Waals surface area contributed by atoms with Gasteiger partial charge in [0.25, 0.3) is 0 Å². The summed E-state index contributed by atoms with van der Waals surface area (Å²) in [5.74, 6) is 0.976. The number of aryl methyl sites for hydroxylation is 2. The molecule has 0 saturated carbocycles. The summed E-state index contributed by atoms with van der Waals surface area (Å²) in [6.45, 7) is 2.91. The first kappa shape index (κ1) is 12.6. The molecule has 2 rings (SSSR count). The fraction of sp³-hybridized carbons (Fsp3) is 0.312. The number of rotatable bonds is 6. The molecule has 0 aliphatic carbocycles. The number of hydrogen-bond acceptors (Lipinski definition) is 2. The highest BCUT2D eigenvalue weighted by molar-refractivity contribution is 5.28. The molecule has 0 fully saturated rings. The maximum atomic E-state index is 5.75. The van der Waals surface area contributed by atoms with Crippen LogP contribution in [-0.2, 0) is 12.8 Å². The Kier molecular flexibility index (Phi) is 4.77. The quantitative estimate of drug-likeness (QED) is 0.720. The number of nitrogens with zero attached hydrogens (tertiary/aromatic N) is 1. The van der Waals surface area contributed by atoms with Crippen molar-refractivity contribution in [2.75, 3.05) is 6.61 Å². The summed E-state index contributed by atoms with van der Waals surface area (Å²) in [6, 6.07) is 12.4. The fourth-order valence-corrected chi connectivity index (χ4v) is 1.87. The predicted octanol–water partition coefficient (Wildman–Crippen LogP) is 3.66. The highest BCUT2D eigenvalue weighted by atomic mass is 16.5. The van der Waals surface area contributed by atoms with E-state index in [1.54, 1.807) is 0 Å². The van der Waals surface area contributed by atoms with E-state index in [0.29, 0.717) is 0 Å². The Morgan fingerprint density at radius 1 is 1.06 bits per heavy atom. The Labute approximate surface area is 109 Å². The van der Waals surface area contributed by atoms with Crippen LogP contribution in [0.4, 0.5) is 0 Å². The van der Waals surface area contributed by atoms with Crippen molar-refractivity contribution in [1.82, 2.24) is 4.98 Å². The Morgan fingerprint density at radius 2 is 1.89 bits per heavy atom. The van der Waals surface area contributed by atoms with Crippen LogP contribution >= 0.6 is 0 Å². The molecule has 1 aromatic carbocycles. The second-order valence-corrected chi connectivity index (χ2v) is 4.31. The van der Waals surface area contributed by atoms with Crippen molar-refractivity contribution in [1.29, 1.82) is 0 Å². The van der Waals surface area contributed by atoms with Crippen molar-refractivity contribution < 1.29 is 4.74 Å². The molecule has 0 spiro atoms. The summed E-state index contributed by atoms with van der Waals surface area (Å²) in [6.07, 6.45) is 6.78. The van der Waals surface area contributed by atoms with Crippen LogP contribution in [-0.4, -0.2) is 11.6 Å². The zero-order chi connectivity index (χ0) is 12.6. The molecule has 0 aliphatic rings. The molecular formula is C16H19NO. The van der Waals surface area contributed by atoms with Gasteiger partial charge in [0, 0.05) is 12.4 Å². The Hall–Kier alpha value is -1.83. The van der Waals surface area contributed by atoms with Crippen LogP contribution in [0.5, 0.6) is 5.75 Å². The lowest BCUT2D eigenvalue weighted by molar-refractivity contribution is 0.310. The molecule has 94 valence electrons. The first-order valence-electron chi connectivity index (χ1n) is 6.49. The predicted molar refractivity (Wildman–Crippen MR) is 73.9 cm³/mol. The molecule has 0 atom stereocenters. The molecule has 1 aromatic heterocycles. The van der Waals surface area contributed by atoms with E-state index in [4.69, 9.17) is 4.74 Å². The molecule has 0 saturated heterocycles. The third-order valence-electron chi connectivity index (χ3n) is 2.93. The van der Waals surface area contributed by atoms with Gasteiger partial charge >= 0.3 is 0 Å². The molecule has 1 heterocycles. The third kappa shape index (κ3) is 3.88. The fourth-order valence-electron chi connectivity index (χ4n) is 1.87. The number of benzene rings is 1. The van der Waals surface area contributed by atoms with E-state index in [1.165, 1.54) is 11.1 Å². The van der Waals surface area contributed by atoms with Gasteiger partial charge in [-0.3, -0.25) is 4.98 Å². The molecule has 0 unspecified atom stereocenters. The lowest BCUT2D eigenvalue weighted by atomic mass is 10.1. The summed E-state index contributed by atoms with van der Waals surface area (Å²) < 4.78 is 5.75. The van der Waals surface area contributed by atoms with E-state index in [-0.39, 0.29) is 0 Å². The van der Waals surface area contributed by atoms with Gasteiger partial charge in [-0.15, -0.1) is 0 Å². The van der Waals surface area contributed by atoms with Gasteiger partial charge in [-0.25, -0.2) is 0 Å². The molecule has 18 heavy (non-hydrogen) atoms. The topological polar surface area (TPSA) is 22.1 Å². The zero-order valence-corrected chi connectivity index (χ0v) is 10.8. The molecule has 2 nitrogen and oxygen atoms in total. The van der Waals surface area contributed by atoms with Gasteiger partial charge in [0.15, 0.2) is 0 Å². The van der Waals surface area contributed by atoms with Gasteiger partial charge in [-0.05, 0) is 54.7 Å². The maximum Gasteiger partial charge on any atom is 0.119 e.